The highest BCUT2D eigenvalue weighted by atomic mass is 35.5. The van der Waals surface area contributed by atoms with Gasteiger partial charge in [0.25, 0.3) is 0 Å². The SMILES string of the molecule is O=C(NCCCc1ccccc1)OCCl. The Bertz CT molecular complexity index is 290. The van der Waals surface area contributed by atoms with Crippen molar-refractivity contribution in [1.29, 1.82) is 0 Å². The number of carbonyl (C=O) groups is 1. The van der Waals surface area contributed by atoms with Crippen molar-refractivity contribution in [3.05, 3.63) is 35.9 Å². The normalized spacial score (nSPS) is 9.67. The molecule has 0 atom stereocenters. The topological polar surface area (TPSA) is 38.3 Å². The molecule has 0 aliphatic rings. The lowest BCUT2D eigenvalue weighted by atomic mass is 10.1. The average molecular weight is 228 g/mol. The van der Waals surface area contributed by atoms with Crippen molar-refractivity contribution >= 4 is 17.7 Å². The van der Waals surface area contributed by atoms with Gasteiger partial charge in [-0.2, -0.15) is 0 Å². The number of halogens is 1. The molecule has 82 valence electrons. The molecule has 0 saturated heterocycles. The van der Waals surface area contributed by atoms with Crippen LogP contribution in [-0.2, 0) is 11.2 Å². The molecular weight excluding hydrogens is 214 g/mol. The van der Waals surface area contributed by atoms with Crippen LogP contribution in [0.15, 0.2) is 30.3 Å². The zero-order valence-corrected chi connectivity index (χ0v) is 9.17. The smallest absolute Gasteiger partial charge is 0.408 e. The zero-order valence-electron chi connectivity index (χ0n) is 8.41. The lowest BCUT2D eigenvalue weighted by Crippen LogP contribution is -2.25. The van der Waals surface area contributed by atoms with Crippen LogP contribution in [0.2, 0.25) is 0 Å². The summed E-state index contributed by atoms with van der Waals surface area (Å²) in [5.74, 6) is 0. The highest BCUT2D eigenvalue weighted by molar-refractivity contribution is 6.17. The number of hydrogen-bond acceptors (Lipinski definition) is 2. The number of rotatable bonds is 5. The molecule has 0 heterocycles. The highest BCUT2D eigenvalue weighted by Crippen LogP contribution is 2.01. The van der Waals surface area contributed by atoms with Crippen LogP contribution in [0.25, 0.3) is 0 Å². The molecule has 0 aliphatic carbocycles. The van der Waals surface area contributed by atoms with Crippen LogP contribution in [0.1, 0.15) is 12.0 Å². The van der Waals surface area contributed by atoms with Gasteiger partial charge < -0.3 is 10.1 Å². The predicted octanol–water partition coefficient (Wildman–Crippen LogP) is 2.54. The fourth-order valence-corrected chi connectivity index (χ4v) is 1.33. The Morgan fingerprint density at radius 2 is 2.07 bits per heavy atom. The number of aryl methyl sites for hydroxylation is 1. The van der Waals surface area contributed by atoms with E-state index in [1.54, 1.807) is 0 Å². The van der Waals surface area contributed by atoms with Gasteiger partial charge in [0, 0.05) is 6.54 Å². The van der Waals surface area contributed by atoms with Gasteiger partial charge in [-0.3, -0.25) is 0 Å². The molecule has 1 aromatic carbocycles. The van der Waals surface area contributed by atoms with E-state index in [4.69, 9.17) is 11.6 Å². The molecule has 0 aromatic heterocycles. The third-order valence-corrected chi connectivity index (χ3v) is 2.05. The van der Waals surface area contributed by atoms with E-state index in [2.05, 4.69) is 22.2 Å². The van der Waals surface area contributed by atoms with Gasteiger partial charge in [-0.05, 0) is 18.4 Å². The van der Waals surface area contributed by atoms with E-state index in [-0.39, 0.29) is 6.07 Å². The van der Waals surface area contributed by atoms with Crippen molar-refractivity contribution < 1.29 is 9.53 Å². The Balaban J connectivity index is 2.10. The standard InChI is InChI=1S/C11H14ClNO2/c12-9-15-11(14)13-8-4-7-10-5-2-1-3-6-10/h1-3,5-6H,4,7-9H2,(H,13,14). The molecule has 0 fully saturated rings. The molecule has 0 unspecified atom stereocenters. The van der Waals surface area contributed by atoms with Crippen LogP contribution in [0.4, 0.5) is 4.79 Å². The minimum absolute atomic E-state index is 0.107. The summed E-state index contributed by atoms with van der Waals surface area (Å²) in [5.41, 5.74) is 1.27. The Hall–Kier alpha value is -1.22. The summed E-state index contributed by atoms with van der Waals surface area (Å²) in [6.45, 7) is 0.602. The lowest BCUT2D eigenvalue weighted by molar-refractivity contribution is 0.164. The summed E-state index contributed by atoms with van der Waals surface area (Å²) in [5, 5.41) is 2.61. The molecule has 4 heteroatoms. The summed E-state index contributed by atoms with van der Waals surface area (Å²) < 4.78 is 4.51. The van der Waals surface area contributed by atoms with E-state index in [9.17, 15) is 4.79 Å². The third kappa shape index (κ3) is 5.27. The molecule has 0 saturated carbocycles. The van der Waals surface area contributed by atoms with Gasteiger partial charge in [0.15, 0.2) is 6.07 Å². The number of nitrogens with one attached hydrogen (secondary N) is 1. The maximum atomic E-state index is 10.8. The van der Waals surface area contributed by atoms with Gasteiger partial charge >= 0.3 is 6.09 Å². The van der Waals surface area contributed by atoms with Gasteiger partial charge in [0.05, 0.1) is 0 Å². The zero-order chi connectivity index (χ0) is 10.9. The van der Waals surface area contributed by atoms with Gasteiger partial charge in [-0.25, -0.2) is 4.79 Å². The first-order chi connectivity index (χ1) is 7.33. The number of benzene rings is 1. The van der Waals surface area contributed by atoms with Crippen LogP contribution >= 0.6 is 11.6 Å². The minimum Gasteiger partial charge on any atom is -0.433 e. The molecule has 1 aromatic rings. The molecule has 15 heavy (non-hydrogen) atoms. The largest absolute Gasteiger partial charge is 0.433 e. The maximum absolute atomic E-state index is 10.8. The Labute approximate surface area is 94.4 Å². The van der Waals surface area contributed by atoms with Crippen LogP contribution in [0, 0.1) is 0 Å². The molecule has 1 N–H and O–H groups in total. The third-order valence-electron chi connectivity index (χ3n) is 1.94. The van der Waals surface area contributed by atoms with Crippen LogP contribution in [0.5, 0.6) is 0 Å². The quantitative estimate of drug-likeness (QED) is 0.620. The number of alkyl carbamates (subject to hydrolysis) is 1. The second-order valence-corrected chi connectivity index (χ2v) is 3.28. The average Bonchev–Trinajstić information content (AvgIpc) is 2.26. The molecule has 1 rings (SSSR count). The first-order valence-corrected chi connectivity index (χ1v) is 5.37. The van der Waals surface area contributed by atoms with Gasteiger partial charge in [-0.15, -0.1) is 0 Å². The molecule has 3 nitrogen and oxygen atoms in total. The van der Waals surface area contributed by atoms with Crippen molar-refractivity contribution in [3.63, 3.8) is 0 Å². The van der Waals surface area contributed by atoms with E-state index >= 15 is 0 Å². The first kappa shape index (κ1) is 11.9. The number of amides is 1. The Morgan fingerprint density at radius 1 is 1.33 bits per heavy atom. The van der Waals surface area contributed by atoms with Gasteiger partial charge in [0.1, 0.15) is 0 Å². The molecule has 1 amide bonds. The van der Waals surface area contributed by atoms with E-state index in [0.29, 0.717) is 6.54 Å². The Morgan fingerprint density at radius 3 is 2.73 bits per heavy atom. The van der Waals surface area contributed by atoms with E-state index in [1.807, 2.05) is 18.2 Å². The summed E-state index contributed by atoms with van der Waals surface area (Å²) in [6, 6.07) is 10.0. The van der Waals surface area contributed by atoms with Crippen molar-refractivity contribution in [2.24, 2.45) is 0 Å². The lowest BCUT2D eigenvalue weighted by Gasteiger charge is -2.04. The van der Waals surface area contributed by atoms with E-state index < -0.39 is 6.09 Å². The van der Waals surface area contributed by atoms with Gasteiger partial charge in [0.2, 0.25) is 0 Å². The first-order valence-electron chi connectivity index (χ1n) is 4.83. The number of alkyl halides is 1. The predicted molar refractivity (Wildman–Crippen MR) is 60.0 cm³/mol. The van der Waals surface area contributed by atoms with Crippen molar-refractivity contribution in [2.45, 2.75) is 12.8 Å². The molecular formula is C11H14ClNO2. The summed E-state index contributed by atoms with van der Waals surface area (Å²) in [7, 11) is 0. The fraction of sp³-hybridized carbons (Fsp3) is 0.364. The molecule has 0 spiro atoms. The van der Waals surface area contributed by atoms with Crippen molar-refractivity contribution in [2.75, 3.05) is 12.6 Å². The Kier molecular flexibility index (Phi) is 5.63. The van der Waals surface area contributed by atoms with E-state index in [1.165, 1.54) is 5.56 Å². The maximum Gasteiger partial charge on any atom is 0.408 e. The second-order valence-electron chi connectivity index (χ2n) is 3.06. The highest BCUT2D eigenvalue weighted by Gasteiger charge is 1.98. The fourth-order valence-electron chi connectivity index (χ4n) is 1.23. The summed E-state index contributed by atoms with van der Waals surface area (Å²) in [4.78, 5) is 10.8. The number of ether oxygens (including phenoxy) is 1. The van der Waals surface area contributed by atoms with Crippen LogP contribution in [-0.4, -0.2) is 18.7 Å². The number of carbonyl (C=O) groups excluding carboxylic acids is 1. The minimum atomic E-state index is -0.460. The summed E-state index contributed by atoms with van der Waals surface area (Å²) in [6.07, 6.45) is 1.38. The monoisotopic (exact) mass is 227 g/mol. The van der Waals surface area contributed by atoms with Crippen LogP contribution in [0.3, 0.4) is 0 Å². The van der Waals surface area contributed by atoms with E-state index in [0.717, 1.165) is 12.8 Å². The van der Waals surface area contributed by atoms with Gasteiger partial charge in [-0.1, -0.05) is 41.9 Å². The number of hydrogen-bond donors (Lipinski definition) is 1. The molecule has 0 radical (unpaired) electrons. The van der Waals surface area contributed by atoms with Crippen molar-refractivity contribution in [3.8, 4) is 0 Å². The van der Waals surface area contributed by atoms with Crippen LogP contribution < -0.4 is 5.32 Å². The summed E-state index contributed by atoms with van der Waals surface area (Å²) >= 11 is 5.22. The van der Waals surface area contributed by atoms with Crippen molar-refractivity contribution in [1.82, 2.24) is 5.32 Å². The second kappa shape index (κ2) is 7.12. The molecule has 0 bridgehead atoms. The molecule has 0 aliphatic heterocycles.